The van der Waals surface area contributed by atoms with E-state index in [0.29, 0.717) is 37.7 Å². The van der Waals surface area contributed by atoms with Gasteiger partial charge < -0.3 is 35.5 Å². The Morgan fingerprint density at radius 2 is 1.00 bits per heavy atom. The molecule has 0 aliphatic rings. The highest BCUT2D eigenvalue weighted by Crippen LogP contribution is 2.40. The average Bonchev–Trinajstić information content (AvgIpc) is 3.87. The third kappa shape index (κ3) is 8.84. The monoisotopic (exact) mass is 742 g/mol. The minimum Gasteiger partial charge on any atom is -0.465 e. The van der Waals surface area contributed by atoms with Crippen molar-refractivity contribution >= 4 is 45.4 Å². The van der Waals surface area contributed by atoms with Crippen LogP contribution in [0.25, 0.3) is 55.2 Å². The van der Waals surface area contributed by atoms with E-state index in [1.807, 2.05) is 38.1 Å². The van der Waals surface area contributed by atoms with Gasteiger partial charge in [0.15, 0.2) is 0 Å². The minimum absolute atomic E-state index is 0.0411. The highest BCUT2D eigenvalue weighted by molar-refractivity contribution is 6.11. The topological polar surface area (TPSA) is 176 Å². The molecule has 4 amide bonds. The molecule has 0 saturated carbocycles. The first kappa shape index (κ1) is 38.2. The summed E-state index contributed by atoms with van der Waals surface area (Å²) in [5.41, 5.74) is 5.75. The van der Waals surface area contributed by atoms with Crippen LogP contribution in [0.15, 0.2) is 85.2 Å². The predicted octanol–water partition coefficient (Wildman–Crippen LogP) is 6.71. The largest absolute Gasteiger partial charge is 0.465 e. The second-order valence-electron chi connectivity index (χ2n) is 13.3. The number of amides is 4. The van der Waals surface area contributed by atoms with Gasteiger partial charge in [0, 0.05) is 30.6 Å². The van der Waals surface area contributed by atoms with E-state index in [2.05, 4.69) is 79.1 Å². The molecule has 6 aromatic rings. The lowest BCUT2D eigenvalue weighted by Gasteiger charge is -2.21. The van der Waals surface area contributed by atoms with Crippen molar-refractivity contribution in [3.05, 3.63) is 96.8 Å². The molecule has 0 unspecified atom stereocenters. The molecule has 0 spiro atoms. The van der Waals surface area contributed by atoms with Crippen LogP contribution in [-0.2, 0) is 27.5 Å². The maximum Gasteiger partial charge on any atom is 0.405 e. The lowest BCUT2D eigenvalue weighted by Crippen LogP contribution is -2.40. The number of hydrogen-bond acceptors (Lipinski definition) is 6. The molecule has 284 valence electrons. The second kappa shape index (κ2) is 17.5. The number of imidazole rings is 2. The molecule has 4 aromatic carbocycles. The van der Waals surface area contributed by atoms with Crippen molar-refractivity contribution in [3.63, 3.8) is 0 Å². The fourth-order valence-corrected chi connectivity index (χ4v) is 6.86. The van der Waals surface area contributed by atoms with E-state index in [4.69, 9.17) is 5.11 Å². The van der Waals surface area contributed by atoms with Crippen molar-refractivity contribution in [2.24, 2.45) is 0 Å². The summed E-state index contributed by atoms with van der Waals surface area (Å²) in [6.07, 6.45) is 4.16. The number of carbonyl (C=O) groups excluding carboxylic acids is 3. The van der Waals surface area contributed by atoms with Crippen LogP contribution in [0.3, 0.4) is 0 Å². The average molecular weight is 743 g/mol. The van der Waals surface area contributed by atoms with Gasteiger partial charge in [-0.2, -0.15) is 0 Å². The van der Waals surface area contributed by atoms with E-state index in [-0.39, 0.29) is 37.4 Å². The fraction of sp³-hybridized carbons (Fsp3) is 0.286. The molecule has 0 aliphatic carbocycles. The molecule has 55 heavy (non-hydrogen) atoms. The van der Waals surface area contributed by atoms with Gasteiger partial charge in [-0.1, -0.05) is 93.6 Å². The first-order chi connectivity index (χ1) is 26.7. The van der Waals surface area contributed by atoms with Crippen molar-refractivity contribution in [1.29, 1.82) is 0 Å². The number of aromatic amines is 2. The van der Waals surface area contributed by atoms with Crippen LogP contribution in [-0.4, -0.2) is 84.8 Å². The van der Waals surface area contributed by atoms with E-state index in [9.17, 15) is 19.2 Å². The van der Waals surface area contributed by atoms with E-state index in [1.54, 1.807) is 29.1 Å². The van der Waals surface area contributed by atoms with E-state index < -0.39 is 6.09 Å². The van der Waals surface area contributed by atoms with Crippen LogP contribution in [0.2, 0.25) is 0 Å². The summed E-state index contributed by atoms with van der Waals surface area (Å²) < 4.78 is 0. The van der Waals surface area contributed by atoms with Crippen molar-refractivity contribution in [3.8, 4) is 33.6 Å². The Labute approximate surface area is 319 Å². The van der Waals surface area contributed by atoms with Gasteiger partial charge in [0.05, 0.1) is 43.4 Å². The molecular formula is C42H46N8O5. The number of nitrogens with zero attached hydrogens (tertiary/aromatic N) is 4. The summed E-state index contributed by atoms with van der Waals surface area (Å²) in [6.45, 7) is 6.95. The highest BCUT2D eigenvalue weighted by atomic mass is 16.4. The Balaban J connectivity index is 1.28. The third-order valence-corrected chi connectivity index (χ3v) is 9.50. The van der Waals surface area contributed by atoms with Gasteiger partial charge in [0.25, 0.3) is 0 Å². The van der Waals surface area contributed by atoms with Crippen LogP contribution in [0.4, 0.5) is 4.79 Å². The molecule has 5 N–H and O–H groups in total. The Morgan fingerprint density at radius 1 is 0.600 bits per heavy atom. The number of aromatic nitrogens is 4. The van der Waals surface area contributed by atoms with Gasteiger partial charge in [0.1, 0.15) is 18.2 Å². The number of fused-ring (bicyclic) bond motifs is 2. The quantitative estimate of drug-likeness (QED) is 0.0732. The van der Waals surface area contributed by atoms with Crippen LogP contribution < -0.4 is 10.6 Å². The number of rotatable bonds is 16. The zero-order valence-electron chi connectivity index (χ0n) is 31.3. The van der Waals surface area contributed by atoms with Gasteiger partial charge in [-0.15, -0.1) is 0 Å². The molecule has 2 heterocycles. The van der Waals surface area contributed by atoms with Crippen molar-refractivity contribution in [2.45, 2.75) is 53.1 Å². The van der Waals surface area contributed by atoms with Crippen LogP contribution in [0.5, 0.6) is 0 Å². The maximum absolute atomic E-state index is 12.9. The first-order valence-corrected chi connectivity index (χ1v) is 18.6. The number of carboxylic acid groups (broad SMARTS) is 1. The standard InChI is InChI=1S/C42H46N8O5/c1-4-19-49(40(52)23-45-39(51)6-3)25-37-43-21-35(47-37)33-17-15-31(27-11-7-9-13-29(27)33)32-16-18-34(30-14-10-8-12-28(30)32)36-22-44-38(48-36)26-50(20-5-2)41(53)24-46-42(54)55/h7-18,21-22,46H,4-6,19-20,23-26H2,1-3H3,(H,43,47)(H,44,48)(H,45,51)(H,54,55). The number of benzene rings is 4. The van der Waals surface area contributed by atoms with E-state index in [1.165, 1.54) is 0 Å². The molecule has 0 fully saturated rings. The summed E-state index contributed by atoms with van der Waals surface area (Å²) in [4.78, 5) is 67.7. The Hall–Kier alpha value is -6.50. The SMILES string of the molecule is CCCN(Cc1ncc(-c2ccc(-c3ccc(-c4cnc(CN(CCC)C(=O)CNC(=O)CC)[nH]4)c4ccccc34)c3ccccc23)[nH]1)C(=O)CNC(=O)O. The second-order valence-corrected chi connectivity index (χ2v) is 13.3. The predicted molar refractivity (Wildman–Crippen MR) is 213 cm³/mol. The van der Waals surface area contributed by atoms with Crippen molar-refractivity contribution in [2.75, 3.05) is 26.2 Å². The van der Waals surface area contributed by atoms with Crippen molar-refractivity contribution < 1.29 is 24.3 Å². The number of hydrogen-bond donors (Lipinski definition) is 5. The van der Waals surface area contributed by atoms with Crippen molar-refractivity contribution in [1.82, 2.24) is 40.4 Å². The molecule has 0 atom stereocenters. The molecule has 0 bridgehead atoms. The lowest BCUT2D eigenvalue weighted by atomic mass is 9.89. The summed E-state index contributed by atoms with van der Waals surface area (Å²) in [6, 6.07) is 25.0. The number of carbonyl (C=O) groups is 4. The van der Waals surface area contributed by atoms with Crippen LogP contribution >= 0.6 is 0 Å². The Kier molecular flexibility index (Phi) is 12.2. The summed E-state index contributed by atoms with van der Waals surface area (Å²) in [5, 5.41) is 18.0. The molecule has 0 aliphatic heterocycles. The summed E-state index contributed by atoms with van der Waals surface area (Å²) >= 11 is 0. The lowest BCUT2D eigenvalue weighted by molar-refractivity contribution is -0.133. The smallest absolute Gasteiger partial charge is 0.405 e. The highest BCUT2D eigenvalue weighted by Gasteiger charge is 2.20. The fourth-order valence-electron chi connectivity index (χ4n) is 6.86. The third-order valence-electron chi connectivity index (χ3n) is 9.50. The number of nitrogens with one attached hydrogen (secondary N) is 4. The minimum atomic E-state index is -1.24. The molecule has 2 aromatic heterocycles. The van der Waals surface area contributed by atoms with Crippen LogP contribution in [0, 0.1) is 0 Å². The van der Waals surface area contributed by atoms with Gasteiger partial charge in [-0.25, -0.2) is 14.8 Å². The van der Waals surface area contributed by atoms with Gasteiger partial charge >= 0.3 is 6.09 Å². The molecule has 13 nitrogen and oxygen atoms in total. The molecule has 13 heteroatoms. The first-order valence-electron chi connectivity index (χ1n) is 18.6. The molecular weight excluding hydrogens is 697 g/mol. The van der Waals surface area contributed by atoms with Crippen LogP contribution in [0.1, 0.15) is 51.7 Å². The number of H-pyrrole nitrogens is 2. The van der Waals surface area contributed by atoms with Gasteiger partial charge in [-0.3, -0.25) is 14.4 Å². The van der Waals surface area contributed by atoms with Gasteiger partial charge in [0.2, 0.25) is 17.7 Å². The summed E-state index contributed by atoms with van der Waals surface area (Å²) in [7, 11) is 0. The van der Waals surface area contributed by atoms with E-state index >= 15 is 0 Å². The summed E-state index contributed by atoms with van der Waals surface area (Å²) in [5.74, 6) is 0.640. The Morgan fingerprint density at radius 3 is 1.40 bits per heavy atom. The molecule has 0 saturated heterocycles. The molecule has 0 radical (unpaired) electrons. The van der Waals surface area contributed by atoms with Gasteiger partial charge in [-0.05, 0) is 45.5 Å². The Bertz CT molecular complexity index is 2330. The normalized spacial score (nSPS) is 11.1. The molecule has 6 rings (SSSR count). The van der Waals surface area contributed by atoms with E-state index in [0.717, 1.165) is 68.0 Å². The maximum atomic E-state index is 12.9. The zero-order chi connectivity index (χ0) is 38.9. The zero-order valence-corrected chi connectivity index (χ0v) is 31.3.